The molecule has 5 nitrogen and oxygen atoms in total. The van der Waals surface area contributed by atoms with Gasteiger partial charge < -0.3 is 14.4 Å². The van der Waals surface area contributed by atoms with Gasteiger partial charge in [-0.2, -0.15) is 0 Å². The van der Waals surface area contributed by atoms with Gasteiger partial charge in [0.15, 0.2) is 0 Å². The molecule has 5 heteroatoms. The Balaban J connectivity index is 1.37. The van der Waals surface area contributed by atoms with Gasteiger partial charge in [-0.3, -0.25) is 9.88 Å². The largest absolute Gasteiger partial charge is 0.485 e. The average molecular weight is 331 g/mol. The van der Waals surface area contributed by atoms with E-state index >= 15 is 0 Å². The summed E-state index contributed by atoms with van der Waals surface area (Å²) in [6, 6.07) is 4.43. The predicted octanol–water partition coefficient (Wildman–Crippen LogP) is 2.18. The van der Waals surface area contributed by atoms with E-state index < -0.39 is 0 Å². The molecule has 0 amide bonds. The molecule has 0 aromatic carbocycles. The maximum atomic E-state index is 6.22. The van der Waals surface area contributed by atoms with E-state index in [1.54, 1.807) is 12.4 Å². The Bertz CT molecular complexity index is 507. The zero-order valence-electron chi connectivity index (χ0n) is 14.5. The minimum absolute atomic E-state index is 0.126. The summed E-state index contributed by atoms with van der Waals surface area (Å²) in [6.45, 7) is 6.70. The Morgan fingerprint density at radius 1 is 1.17 bits per heavy atom. The summed E-state index contributed by atoms with van der Waals surface area (Å²) in [7, 11) is 0. The van der Waals surface area contributed by atoms with E-state index in [1.165, 1.54) is 51.7 Å². The molecule has 3 aliphatic rings. The fourth-order valence-corrected chi connectivity index (χ4v) is 4.41. The van der Waals surface area contributed by atoms with Crippen molar-refractivity contribution in [1.29, 1.82) is 0 Å². The Morgan fingerprint density at radius 3 is 2.92 bits per heavy atom. The fourth-order valence-electron chi connectivity index (χ4n) is 4.41. The first-order valence-corrected chi connectivity index (χ1v) is 9.55. The van der Waals surface area contributed by atoms with Crippen LogP contribution >= 0.6 is 0 Å². The number of piperidine rings is 1. The molecule has 1 aromatic rings. The van der Waals surface area contributed by atoms with Gasteiger partial charge in [0.05, 0.1) is 6.20 Å². The van der Waals surface area contributed by atoms with E-state index in [0.717, 1.165) is 25.4 Å². The van der Waals surface area contributed by atoms with Crippen LogP contribution in [0.3, 0.4) is 0 Å². The van der Waals surface area contributed by atoms with Crippen molar-refractivity contribution in [3.05, 3.63) is 24.5 Å². The molecular weight excluding hydrogens is 302 g/mol. The lowest BCUT2D eigenvalue weighted by Crippen LogP contribution is -2.44. The molecule has 0 radical (unpaired) electrons. The van der Waals surface area contributed by atoms with Crippen molar-refractivity contribution in [2.24, 2.45) is 0 Å². The number of aromatic nitrogens is 1. The lowest BCUT2D eigenvalue weighted by molar-refractivity contribution is -0.0470. The number of hydrogen-bond acceptors (Lipinski definition) is 5. The third-order valence-corrected chi connectivity index (χ3v) is 5.66. The second-order valence-corrected chi connectivity index (χ2v) is 7.29. The van der Waals surface area contributed by atoms with Crippen LogP contribution in [0.5, 0.6) is 5.75 Å². The predicted molar refractivity (Wildman–Crippen MR) is 93.3 cm³/mol. The van der Waals surface area contributed by atoms with E-state index in [9.17, 15) is 0 Å². The third-order valence-electron chi connectivity index (χ3n) is 5.66. The van der Waals surface area contributed by atoms with Crippen LogP contribution in [0.25, 0.3) is 0 Å². The van der Waals surface area contributed by atoms with Gasteiger partial charge in [0, 0.05) is 38.5 Å². The highest BCUT2D eigenvalue weighted by Crippen LogP contribution is 2.31. The second kappa shape index (κ2) is 7.81. The van der Waals surface area contributed by atoms with Crippen molar-refractivity contribution in [3.63, 3.8) is 0 Å². The number of ether oxygens (including phenoxy) is 2. The molecule has 0 aliphatic carbocycles. The van der Waals surface area contributed by atoms with Gasteiger partial charge >= 0.3 is 0 Å². The molecule has 3 atom stereocenters. The molecule has 24 heavy (non-hydrogen) atoms. The number of nitrogens with zero attached hydrogens (tertiary/aromatic N) is 3. The number of fused-ring (bicyclic) bond motifs is 1. The molecule has 0 saturated carbocycles. The van der Waals surface area contributed by atoms with Crippen LogP contribution in [0.1, 0.15) is 32.1 Å². The van der Waals surface area contributed by atoms with Gasteiger partial charge in [-0.05, 0) is 50.9 Å². The second-order valence-electron chi connectivity index (χ2n) is 7.29. The van der Waals surface area contributed by atoms with E-state index in [4.69, 9.17) is 9.47 Å². The van der Waals surface area contributed by atoms with E-state index in [1.807, 2.05) is 12.1 Å². The van der Waals surface area contributed by atoms with Gasteiger partial charge in [0.1, 0.15) is 18.0 Å². The maximum Gasteiger partial charge on any atom is 0.139 e. The van der Waals surface area contributed by atoms with Crippen LogP contribution in [-0.4, -0.2) is 72.4 Å². The van der Waals surface area contributed by atoms with Crippen molar-refractivity contribution in [2.75, 3.05) is 39.3 Å². The summed E-state index contributed by atoms with van der Waals surface area (Å²) in [5.74, 6) is 0.855. The zero-order chi connectivity index (χ0) is 16.2. The molecule has 0 N–H and O–H groups in total. The van der Waals surface area contributed by atoms with Gasteiger partial charge in [-0.15, -0.1) is 0 Å². The minimum Gasteiger partial charge on any atom is -0.485 e. The van der Waals surface area contributed by atoms with Crippen molar-refractivity contribution in [1.82, 2.24) is 14.8 Å². The molecule has 0 spiro atoms. The lowest BCUT2D eigenvalue weighted by atomic mass is 10.0. The van der Waals surface area contributed by atoms with Gasteiger partial charge in [0.2, 0.25) is 0 Å². The van der Waals surface area contributed by atoms with Crippen molar-refractivity contribution >= 4 is 0 Å². The topological polar surface area (TPSA) is 37.8 Å². The normalized spacial score (nSPS) is 31.8. The first-order chi connectivity index (χ1) is 11.9. The van der Waals surface area contributed by atoms with E-state index in [2.05, 4.69) is 14.8 Å². The SMILES string of the molecule is c1cncc(O[C@@H]2CN(CCN3CCCCC3)[C@H]3CCCO[C@@H]23)c1. The van der Waals surface area contributed by atoms with Crippen LogP contribution in [0.15, 0.2) is 24.5 Å². The Morgan fingerprint density at radius 2 is 2.08 bits per heavy atom. The highest BCUT2D eigenvalue weighted by atomic mass is 16.5. The molecule has 0 unspecified atom stereocenters. The molecule has 1 aromatic heterocycles. The standard InChI is InChI=1S/C19H29N3O2/c1-2-9-21(10-3-1)11-12-22-15-18(19-17(22)7-5-13-23-19)24-16-6-4-8-20-14-16/h4,6,8,14,17-19H,1-3,5,7,9-13,15H2/t17-,18+,19+/m0/s1. The summed E-state index contributed by atoms with van der Waals surface area (Å²) >= 11 is 0. The summed E-state index contributed by atoms with van der Waals surface area (Å²) in [5, 5.41) is 0. The molecule has 4 heterocycles. The third kappa shape index (κ3) is 3.73. The molecule has 0 bridgehead atoms. The number of rotatable bonds is 5. The van der Waals surface area contributed by atoms with Crippen LogP contribution in [0, 0.1) is 0 Å². The first-order valence-electron chi connectivity index (χ1n) is 9.55. The smallest absolute Gasteiger partial charge is 0.139 e. The van der Waals surface area contributed by atoms with Gasteiger partial charge in [-0.25, -0.2) is 0 Å². The highest BCUT2D eigenvalue weighted by molar-refractivity contribution is 5.17. The molecular formula is C19H29N3O2. The van der Waals surface area contributed by atoms with E-state index in [0.29, 0.717) is 6.04 Å². The summed E-state index contributed by atoms with van der Waals surface area (Å²) in [5.41, 5.74) is 0. The molecule has 132 valence electrons. The van der Waals surface area contributed by atoms with Crippen molar-refractivity contribution < 1.29 is 9.47 Å². The van der Waals surface area contributed by atoms with Crippen LogP contribution < -0.4 is 4.74 Å². The van der Waals surface area contributed by atoms with Crippen LogP contribution in [-0.2, 0) is 4.74 Å². The van der Waals surface area contributed by atoms with Crippen LogP contribution in [0.2, 0.25) is 0 Å². The highest BCUT2D eigenvalue weighted by Gasteiger charge is 2.45. The number of hydrogen-bond donors (Lipinski definition) is 0. The summed E-state index contributed by atoms with van der Waals surface area (Å²) in [4.78, 5) is 9.39. The monoisotopic (exact) mass is 331 g/mol. The molecule has 3 saturated heterocycles. The zero-order valence-corrected chi connectivity index (χ0v) is 14.5. The number of likely N-dealkylation sites (tertiary alicyclic amines) is 2. The Labute approximate surface area is 144 Å². The number of pyridine rings is 1. The quantitative estimate of drug-likeness (QED) is 0.827. The summed E-state index contributed by atoms with van der Waals surface area (Å²) in [6.07, 6.45) is 10.4. The summed E-state index contributed by atoms with van der Waals surface area (Å²) < 4.78 is 12.3. The lowest BCUT2D eigenvalue weighted by Gasteiger charge is -2.34. The Kier molecular flexibility index (Phi) is 5.30. The van der Waals surface area contributed by atoms with Crippen LogP contribution in [0.4, 0.5) is 0 Å². The average Bonchev–Trinajstić information content (AvgIpc) is 3.00. The maximum absolute atomic E-state index is 6.22. The van der Waals surface area contributed by atoms with E-state index in [-0.39, 0.29) is 12.2 Å². The first kappa shape index (κ1) is 16.3. The molecule has 4 rings (SSSR count). The fraction of sp³-hybridized carbons (Fsp3) is 0.737. The van der Waals surface area contributed by atoms with Crippen molar-refractivity contribution in [3.8, 4) is 5.75 Å². The Hall–Kier alpha value is -1.17. The molecule has 3 fully saturated rings. The van der Waals surface area contributed by atoms with Gasteiger partial charge in [-0.1, -0.05) is 6.42 Å². The van der Waals surface area contributed by atoms with Gasteiger partial charge in [0.25, 0.3) is 0 Å². The minimum atomic E-state index is 0.126. The van der Waals surface area contributed by atoms with Crippen molar-refractivity contribution in [2.45, 2.75) is 50.4 Å². The molecule has 3 aliphatic heterocycles.